The van der Waals surface area contributed by atoms with E-state index in [0.717, 1.165) is 12.1 Å². The molecule has 0 amide bonds. The number of aromatic nitrogens is 2. The summed E-state index contributed by atoms with van der Waals surface area (Å²) in [7, 11) is 0. The first-order chi connectivity index (χ1) is 10.9. The van der Waals surface area contributed by atoms with Crippen molar-refractivity contribution in [2.24, 2.45) is 0 Å². The van der Waals surface area contributed by atoms with Crippen LogP contribution in [0.15, 0.2) is 23.2 Å². The highest BCUT2D eigenvalue weighted by Crippen LogP contribution is 2.42. The molecule has 132 valence electrons. The van der Waals surface area contributed by atoms with Gasteiger partial charge in [0.25, 0.3) is 0 Å². The molecule has 0 atom stereocenters. The summed E-state index contributed by atoms with van der Waals surface area (Å²) in [5.41, 5.74) is 0.578. The normalized spacial score (nSPS) is 12.5. The molecule has 0 fully saturated rings. The molecule has 1 aromatic heterocycles. The Morgan fingerprint density at radius 3 is 2.08 bits per heavy atom. The average molecular weight is 444 g/mol. The van der Waals surface area contributed by atoms with Crippen molar-refractivity contribution in [3.63, 3.8) is 0 Å². The van der Waals surface area contributed by atoms with Crippen molar-refractivity contribution >= 4 is 58.2 Å². The van der Waals surface area contributed by atoms with Crippen LogP contribution in [0.1, 0.15) is 5.69 Å². The number of nitrogens with zero attached hydrogens (tertiary/aromatic N) is 2. The molecule has 12 heteroatoms. The molecule has 2 aromatic rings. The Bertz CT molecular complexity index is 737. The third kappa shape index (κ3) is 5.23. The van der Waals surface area contributed by atoms with E-state index in [0.29, 0.717) is 17.5 Å². The average Bonchev–Trinajstić information content (AvgIpc) is 2.64. The molecule has 1 aromatic carbocycles. The van der Waals surface area contributed by atoms with Crippen LogP contribution in [0.2, 0.25) is 10.0 Å². The minimum atomic E-state index is -4.88. The molecule has 0 aliphatic carbocycles. The molecule has 0 bridgehead atoms. The predicted octanol–water partition coefficient (Wildman–Crippen LogP) is 6.54. The first-order valence-electron chi connectivity index (χ1n) is 5.93. The van der Waals surface area contributed by atoms with Gasteiger partial charge in [0, 0.05) is 17.8 Å². The van der Waals surface area contributed by atoms with E-state index < -0.39 is 16.0 Å². The third-order valence-electron chi connectivity index (χ3n) is 2.52. The van der Waals surface area contributed by atoms with Gasteiger partial charge < -0.3 is 4.74 Å². The maximum absolute atomic E-state index is 13.3. The second kappa shape index (κ2) is 6.99. The first kappa shape index (κ1) is 19.8. The Morgan fingerprint density at radius 2 is 1.62 bits per heavy atom. The molecular weight excluding hydrogens is 438 g/mol. The van der Waals surface area contributed by atoms with Gasteiger partial charge in [0.15, 0.2) is 0 Å². The zero-order valence-electron chi connectivity index (χ0n) is 11.5. The van der Waals surface area contributed by atoms with Crippen LogP contribution >= 0.6 is 58.2 Å². The highest BCUT2D eigenvalue weighted by Gasteiger charge is 2.32. The fourth-order valence-electron chi connectivity index (χ4n) is 1.78. The number of alkyl halides is 6. The summed E-state index contributed by atoms with van der Waals surface area (Å²) in [6, 6.07) is 3.33. The number of hydrogen-bond donors (Lipinski definition) is 0. The van der Waals surface area contributed by atoms with Gasteiger partial charge in [-0.2, -0.15) is 9.49 Å². The van der Waals surface area contributed by atoms with Crippen LogP contribution in [0.3, 0.4) is 0 Å². The number of halogens is 8. The molecule has 0 aliphatic rings. The minimum absolute atomic E-state index is 0.103. The standard InChI is InChI=1S/C12H6Cl4F4N2OS/c1-5-2-9(24-11(15,16)17)21-22(5)10-7(13)3-6(4-8(10)14)23-12(18,19)20/h2-4H,1H3. The Labute approximate surface area is 157 Å². The third-order valence-corrected chi connectivity index (χ3v) is 4.20. The van der Waals surface area contributed by atoms with E-state index in [4.69, 9.17) is 46.4 Å². The van der Waals surface area contributed by atoms with Crippen molar-refractivity contribution < 1.29 is 22.3 Å². The van der Waals surface area contributed by atoms with Gasteiger partial charge in [0.05, 0.1) is 10.0 Å². The second-order valence-electron chi connectivity index (χ2n) is 4.37. The molecule has 0 aliphatic heterocycles. The molecule has 0 saturated heterocycles. The van der Waals surface area contributed by atoms with Crippen LogP contribution in [-0.4, -0.2) is 20.1 Å². The minimum Gasteiger partial charge on any atom is -0.406 e. The zero-order valence-corrected chi connectivity index (χ0v) is 15.3. The lowest BCUT2D eigenvalue weighted by Crippen LogP contribution is -2.17. The van der Waals surface area contributed by atoms with Gasteiger partial charge in [-0.15, -0.1) is 13.2 Å². The molecule has 0 spiro atoms. The molecule has 0 saturated carbocycles. The highest BCUT2D eigenvalue weighted by atomic mass is 35.5. The van der Waals surface area contributed by atoms with Crippen LogP contribution in [0.4, 0.5) is 17.6 Å². The predicted molar refractivity (Wildman–Crippen MR) is 86.4 cm³/mol. The summed E-state index contributed by atoms with van der Waals surface area (Å²) < 4.78 is 52.4. The second-order valence-corrected chi connectivity index (χ2v) is 8.05. The molecule has 0 radical (unpaired) electrons. The fourth-order valence-corrected chi connectivity index (χ4v) is 3.47. The highest BCUT2D eigenvalue weighted by molar-refractivity contribution is 8.03. The number of aryl methyl sites for hydroxylation is 1. The maximum Gasteiger partial charge on any atom is 0.573 e. The summed E-state index contributed by atoms with van der Waals surface area (Å²) >= 11 is 22.9. The lowest BCUT2D eigenvalue weighted by atomic mass is 10.3. The smallest absolute Gasteiger partial charge is 0.406 e. The van der Waals surface area contributed by atoms with Crippen molar-refractivity contribution in [3.05, 3.63) is 33.9 Å². The number of ether oxygens (including phenoxy) is 1. The number of hydrogen-bond acceptors (Lipinski definition) is 3. The van der Waals surface area contributed by atoms with Gasteiger partial charge in [0.1, 0.15) is 16.5 Å². The van der Waals surface area contributed by atoms with E-state index in [9.17, 15) is 17.6 Å². The number of benzene rings is 1. The van der Waals surface area contributed by atoms with Crippen molar-refractivity contribution in [1.82, 2.24) is 9.78 Å². The Balaban J connectivity index is 2.43. The Hall–Kier alpha value is -0.540. The van der Waals surface area contributed by atoms with Crippen LogP contribution in [0.5, 0.6) is 5.75 Å². The van der Waals surface area contributed by atoms with Gasteiger partial charge in [-0.3, -0.25) is 0 Å². The van der Waals surface area contributed by atoms with Crippen LogP contribution in [-0.2, 0) is 0 Å². The summed E-state index contributed by atoms with van der Waals surface area (Å²) in [5, 5.41) is 3.87. The quantitative estimate of drug-likeness (QED) is 0.305. The molecule has 0 unspecified atom stereocenters. The summed E-state index contributed by atoms with van der Waals surface area (Å²) in [6.07, 6.45) is -4.88. The van der Waals surface area contributed by atoms with E-state index in [1.54, 1.807) is 6.92 Å². The largest absolute Gasteiger partial charge is 0.573 e. The summed E-state index contributed by atoms with van der Waals surface area (Å²) in [6.45, 7) is 1.60. The maximum atomic E-state index is 13.3. The summed E-state index contributed by atoms with van der Waals surface area (Å²) in [4.78, 5) is 0. The lowest BCUT2D eigenvalue weighted by molar-refractivity contribution is -0.274. The topological polar surface area (TPSA) is 27.1 Å². The number of rotatable bonds is 4. The van der Waals surface area contributed by atoms with Gasteiger partial charge >= 0.3 is 10.3 Å². The monoisotopic (exact) mass is 442 g/mol. The van der Waals surface area contributed by atoms with Crippen LogP contribution in [0.25, 0.3) is 5.69 Å². The fraction of sp³-hybridized carbons (Fsp3) is 0.250. The van der Waals surface area contributed by atoms with Gasteiger partial charge in [-0.05, 0) is 24.8 Å². The van der Waals surface area contributed by atoms with Crippen molar-refractivity contribution in [1.29, 1.82) is 0 Å². The first-order valence-corrected chi connectivity index (χ1v) is 8.26. The van der Waals surface area contributed by atoms with Gasteiger partial charge in [0.2, 0.25) is 0 Å². The van der Waals surface area contributed by atoms with Crippen molar-refractivity contribution in [2.45, 2.75) is 22.2 Å². The van der Waals surface area contributed by atoms with E-state index in [1.807, 2.05) is 0 Å². The molecular formula is C12H6Cl4F4N2OS. The Morgan fingerprint density at radius 1 is 1.08 bits per heavy atom. The van der Waals surface area contributed by atoms with Crippen LogP contribution in [0, 0.1) is 6.92 Å². The molecule has 3 nitrogen and oxygen atoms in total. The molecule has 24 heavy (non-hydrogen) atoms. The van der Waals surface area contributed by atoms with Gasteiger partial charge in [-0.25, -0.2) is 4.68 Å². The zero-order chi connectivity index (χ0) is 18.3. The van der Waals surface area contributed by atoms with E-state index in [2.05, 4.69) is 9.84 Å². The molecule has 0 N–H and O–H groups in total. The van der Waals surface area contributed by atoms with Crippen molar-refractivity contribution in [3.8, 4) is 11.4 Å². The van der Waals surface area contributed by atoms with Crippen LogP contribution < -0.4 is 4.74 Å². The molecule has 2 rings (SSSR count). The van der Waals surface area contributed by atoms with E-state index >= 15 is 0 Å². The van der Waals surface area contributed by atoms with E-state index in [-0.39, 0.29) is 20.8 Å². The molecule has 1 heterocycles. The van der Waals surface area contributed by atoms with Crippen molar-refractivity contribution in [2.75, 3.05) is 0 Å². The van der Waals surface area contributed by atoms with Gasteiger partial charge in [-0.1, -0.05) is 46.4 Å². The SMILES string of the molecule is Cc1cc(SC(F)(Cl)Cl)nn1-c1c(Cl)cc(OC(F)(F)F)cc1Cl. The number of thioether (sulfide) groups is 1. The Kier molecular flexibility index (Phi) is 5.76. The lowest BCUT2D eigenvalue weighted by Gasteiger charge is -2.13. The van der Waals surface area contributed by atoms with E-state index in [1.165, 1.54) is 10.7 Å². The summed E-state index contributed by atoms with van der Waals surface area (Å²) in [5.74, 6) is -0.579.